The molecule has 1 fully saturated rings. The van der Waals surface area contributed by atoms with E-state index in [9.17, 15) is 4.79 Å². The Hall–Kier alpha value is -2.37. The molecule has 0 unspecified atom stereocenters. The molecule has 2 aromatic carbocycles. The Kier molecular flexibility index (Phi) is 4.66. The van der Waals surface area contributed by atoms with Crippen molar-refractivity contribution in [3.63, 3.8) is 0 Å². The molecule has 2 heterocycles. The smallest absolute Gasteiger partial charge is 0.255 e. The summed E-state index contributed by atoms with van der Waals surface area (Å²) in [4.78, 5) is 25.8. The lowest BCUT2D eigenvalue weighted by molar-refractivity contribution is 0.0746. The highest BCUT2D eigenvalue weighted by atomic mass is 35.5. The van der Waals surface area contributed by atoms with E-state index in [2.05, 4.69) is 14.9 Å². The molecule has 0 radical (unpaired) electrons. The fraction of sp³-hybridized carbons (Fsp3) is 0.211. The highest BCUT2D eigenvalue weighted by molar-refractivity contribution is 6.35. The van der Waals surface area contributed by atoms with E-state index >= 15 is 0 Å². The molecule has 5 nitrogen and oxygen atoms in total. The van der Waals surface area contributed by atoms with Crippen LogP contribution in [0.2, 0.25) is 10.0 Å². The van der Waals surface area contributed by atoms with Gasteiger partial charge in [-0.1, -0.05) is 35.3 Å². The summed E-state index contributed by atoms with van der Waals surface area (Å²) in [5.41, 5.74) is 2.19. The van der Waals surface area contributed by atoms with E-state index in [0.29, 0.717) is 41.8 Å². The standard InChI is InChI=1S/C19H16Cl2N4O/c20-13-5-6-15(21)14(11-13)19(26)25-9-7-24(8-10-25)18-12-22-16-3-1-2-4-17(16)23-18/h1-6,11-12H,7-10H2. The van der Waals surface area contributed by atoms with Crippen LogP contribution in [-0.4, -0.2) is 47.0 Å². The molecule has 3 aromatic rings. The molecule has 4 rings (SSSR count). The van der Waals surface area contributed by atoms with Gasteiger partial charge < -0.3 is 9.80 Å². The van der Waals surface area contributed by atoms with Crippen LogP contribution < -0.4 is 4.90 Å². The molecule has 0 bridgehead atoms. The van der Waals surface area contributed by atoms with Gasteiger partial charge in [0.05, 0.1) is 27.8 Å². The molecule has 1 amide bonds. The number of rotatable bonds is 2. The van der Waals surface area contributed by atoms with Gasteiger partial charge in [0.2, 0.25) is 0 Å². The van der Waals surface area contributed by atoms with E-state index in [1.165, 1.54) is 0 Å². The van der Waals surface area contributed by atoms with Gasteiger partial charge in [-0.15, -0.1) is 0 Å². The molecule has 0 atom stereocenters. The third kappa shape index (κ3) is 3.32. The Morgan fingerprint density at radius 3 is 2.46 bits per heavy atom. The van der Waals surface area contributed by atoms with E-state index in [1.807, 2.05) is 24.3 Å². The van der Waals surface area contributed by atoms with Crippen molar-refractivity contribution in [2.45, 2.75) is 0 Å². The van der Waals surface area contributed by atoms with Crippen LogP contribution in [0.5, 0.6) is 0 Å². The summed E-state index contributed by atoms with van der Waals surface area (Å²) in [7, 11) is 0. The van der Waals surface area contributed by atoms with Crippen LogP contribution in [0.25, 0.3) is 11.0 Å². The molecule has 1 aliphatic rings. The predicted octanol–water partition coefficient (Wildman–Crippen LogP) is 3.90. The van der Waals surface area contributed by atoms with E-state index < -0.39 is 0 Å². The number of piperazine rings is 1. The number of amides is 1. The van der Waals surface area contributed by atoms with Gasteiger partial charge in [-0.2, -0.15) is 0 Å². The molecule has 0 saturated carbocycles. The zero-order chi connectivity index (χ0) is 18.1. The van der Waals surface area contributed by atoms with Crippen molar-refractivity contribution in [2.75, 3.05) is 31.1 Å². The van der Waals surface area contributed by atoms with Gasteiger partial charge in [-0.3, -0.25) is 9.78 Å². The topological polar surface area (TPSA) is 49.3 Å². The fourth-order valence-electron chi connectivity index (χ4n) is 3.07. The van der Waals surface area contributed by atoms with Crippen LogP contribution in [0, 0.1) is 0 Å². The minimum atomic E-state index is -0.0956. The van der Waals surface area contributed by atoms with E-state index in [0.717, 1.165) is 16.9 Å². The number of hydrogen-bond donors (Lipinski definition) is 0. The number of halogens is 2. The number of aromatic nitrogens is 2. The van der Waals surface area contributed by atoms with Crippen molar-refractivity contribution in [1.82, 2.24) is 14.9 Å². The number of benzene rings is 2. The number of carbonyl (C=O) groups excluding carboxylic acids is 1. The van der Waals surface area contributed by atoms with Crippen LogP contribution in [0.15, 0.2) is 48.7 Å². The van der Waals surface area contributed by atoms with Crippen LogP contribution in [0.4, 0.5) is 5.82 Å². The Morgan fingerprint density at radius 1 is 0.962 bits per heavy atom. The summed E-state index contributed by atoms with van der Waals surface area (Å²) in [6.45, 7) is 2.57. The fourth-order valence-corrected chi connectivity index (χ4v) is 3.44. The molecular weight excluding hydrogens is 371 g/mol. The summed E-state index contributed by atoms with van der Waals surface area (Å²) >= 11 is 12.2. The Bertz CT molecular complexity index is 971. The second-order valence-corrected chi connectivity index (χ2v) is 6.96. The minimum Gasteiger partial charge on any atom is -0.352 e. The van der Waals surface area contributed by atoms with E-state index in [1.54, 1.807) is 29.3 Å². The molecule has 7 heteroatoms. The maximum atomic E-state index is 12.7. The quantitative estimate of drug-likeness (QED) is 0.669. The average molecular weight is 387 g/mol. The van der Waals surface area contributed by atoms with Crippen LogP contribution >= 0.6 is 23.2 Å². The zero-order valence-corrected chi connectivity index (χ0v) is 15.4. The first-order valence-electron chi connectivity index (χ1n) is 8.33. The van der Waals surface area contributed by atoms with Gasteiger partial charge in [-0.05, 0) is 30.3 Å². The van der Waals surface area contributed by atoms with Crippen molar-refractivity contribution in [3.8, 4) is 0 Å². The highest BCUT2D eigenvalue weighted by Gasteiger charge is 2.24. The normalized spacial score (nSPS) is 14.7. The number of para-hydroxylation sites is 2. The van der Waals surface area contributed by atoms with Crippen molar-refractivity contribution < 1.29 is 4.79 Å². The van der Waals surface area contributed by atoms with Crippen LogP contribution in [0.3, 0.4) is 0 Å². The monoisotopic (exact) mass is 386 g/mol. The lowest BCUT2D eigenvalue weighted by Crippen LogP contribution is -2.49. The first-order valence-corrected chi connectivity index (χ1v) is 9.08. The number of fused-ring (bicyclic) bond motifs is 1. The summed E-state index contributed by atoms with van der Waals surface area (Å²) in [5, 5.41) is 0.921. The Morgan fingerprint density at radius 2 is 1.69 bits per heavy atom. The lowest BCUT2D eigenvalue weighted by atomic mass is 10.1. The Labute approximate surface area is 161 Å². The molecule has 132 valence electrons. The van der Waals surface area contributed by atoms with E-state index in [4.69, 9.17) is 23.2 Å². The SMILES string of the molecule is O=C(c1cc(Cl)ccc1Cl)N1CCN(c2cnc3ccccc3n2)CC1. The van der Waals surface area contributed by atoms with Gasteiger partial charge in [-0.25, -0.2) is 4.98 Å². The number of nitrogens with zero attached hydrogens (tertiary/aromatic N) is 4. The highest BCUT2D eigenvalue weighted by Crippen LogP contribution is 2.23. The van der Waals surface area contributed by atoms with Crippen LogP contribution in [-0.2, 0) is 0 Å². The van der Waals surface area contributed by atoms with Crippen molar-refractivity contribution in [3.05, 3.63) is 64.3 Å². The largest absolute Gasteiger partial charge is 0.352 e. The van der Waals surface area contributed by atoms with Gasteiger partial charge in [0, 0.05) is 31.2 Å². The molecule has 1 saturated heterocycles. The maximum Gasteiger partial charge on any atom is 0.255 e. The summed E-state index contributed by atoms with van der Waals surface area (Å²) in [6, 6.07) is 12.7. The van der Waals surface area contributed by atoms with Crippen molar-refractivity contribution in [1.29, 1.82) is 0 Å². The number of anilines is 1. The molecule has 1 aliphatic heterocycles. The molecule has 0 aliphatic carbocycles. The second kappa shape index (κ2) is 7.09. The summed E-state index contributed by atoms with van der Waals surface area (Å²) < 4.78 is 0. The molecule has 1 aromatic heterocycles. The van der Waals surface area contributed by atoms with E-state index in [-0.39, 0.29) is 5.91 Å². The first-order chi connectivity index (χ1) is 12.6. The van der Waals surface area contributed by atoms with Gasteiger partial charge in [0.15, 0.2) is 0 Å². The molecule has 0 spiro atoms. The minimum absolute atomic E-state index is 0.0956. The third-order valence-electron chi connectivity index (χ3n) is 4.49. The number of hydrogen-bond acceptors (Lipinski definition) is 4. The third-order valence-corrected chi connectivity index (χ3v) is 5.05. The Balaban J connectivity index is 1.48. The maximum absolute atomic E-state index is 12.7. The van der Waals surface area contributed by atoms with Gasteiger partial charge in [0.1, 0.15) is 5.82 Å². The van der Waals surface area contributed by atoms with Gasteiger partial charge in [0.25, 0.3) is 5.91 Å². The summed E-state index contributed by atoms with van der Waals surface area (Å²) in [6.07, 6.45) is 1.79. The van der Waals surface area contributed by atoms with Crippen molar-refractivity contribution in [2.24, 2.45) is 0 Å². The molecule has 0 N–H and O–H groups in total. The zero-order valence-electron chi connectivity index (χ0n) is 13.9. The average Bonchev–Trinajstić information content (AvgIpc) is 2.69. The lowest BCUT2D eigenvalue weighted by Gasteiger charge is -2.35. The second-order valence-electron chi connectivity index (χ2n) is 6.12. The molecular formula is C19H16Cl2N4O. The van der Waals surface area contributed by atoms with Crippen LogP contribution in [0.1, 0.15) is 10.4 Å². The van der Waals surface area contributed by atoms with Crippen molar-refractivity contribution >= 4 is 46.0 Å². The molecule has 26 heavy (non-hydrogen) atoms. The predicted molar refractivity (Wildman–Crippen MR) is 104 cm³/mol. The van der Waals surface area contributed by atoms with Gasteiger partial charge >= 0.3 is 0 Å². The first kappa shape index (κ1) is 17.1. The number of carbonyl (C=O) groups is 1. The summed E-state index contributed by atoms with van der Waals surface area (Å²) in [5.74, 6) is 0.735.